The van der Waals surface area contributed by atoms with E-state index in [2.05, 4.69) is 55.0 Å². The molecule has 2 aromatic heterocycles. The van der Waals surface area contributed by atoms with Crippen LogP contribution in [0.1, 0.15) is 12.5 Å². The van der Waals surface area contributed by atoms with Gasteiger partial charge in [-0.25, -0.2) is 14.6 Å². The average molecular weight is 376 g/mol. The second kappa shape index (κ2) is 6.54. The van der Waals surface area contributed by atoms with Gasteiger partial charge < -0.3 is 9.64 Å². The van der Waals surface area contributed by atoms with Crippen LogP contribution in [0.4, 0.5) is 5.82 Å². The highest BCUT2D eigenvalue weighted by atomic mass is 79.9. The first kappa shape index (κ1) is 15.7. The molecule has 0 bridgehead atoms. The van der Waals surface area contributed by atoms with E-state index < -0.39 is 0 Å². The summed E-state index contributed by atoms with van der Waals surface area (Å²) in [6.45, 7) is 3.70. The van der Waals surface area contributed by atoms with E-state index >= 15 is 0 Å². The number of halogens is 1. The molecule has 0 amide bonds. The lowest BCUT2D eigenvalue weighted by molar-refractivity contribution is 0.414. The van der Waals surface area contributed by atoms with Crippen molar-refractivity contribution in [2.24, 2.45) is 7.05 Å². The smallest absolute Gasteiger partial charge is 0.164 e. The van der Waals surface area contributed by atoms with Crippen LogP contribution in [0.2, 0.25) is 0 Å². The summed E-state index contributed by atoms with van der Waals surface area (Å²) in [5, 5.41) is 5.32. The van der Waals surface area contributed by atoms with Gasteiger partial charge >= 0.3 is 0 Å². The van der Waals surface area contributed by atoms with Crippen molar-refractivity contribution in [2.45, 2.75) is 13.5 Å². The molecule has 0 aliphatic carbocycles. The first-order valence-corrected chi connectivity index (χ1v) is 8.14. The maximum absolute atomic E-state index is 5.21. The van der Waals surface area contributed by atoms with Crippen molar-refractivity contribution in [3.8, 4) is 5.75 Å². The quantitative estimate of drug-likeness (QED) is 0.685. The van der Waals surface area contributed by atoms with E-state index in [9.17, 15) is 0 Å². The third-order valence-corrected chi connectivity index (χ3v) is 4.33. The predicted molar refractivity (Wildman–Crippen MR) is 93.7 cm³/mol. The Morgan fingerprint density at radius 2 is 1.96 bits per heavy atom. The minimum atomic E-state index is 0.758. The number of anilines is 1. The lowest BCUT2D eigenvalue weighted by Gasteiger charge is -2.22. The Bertz CT molecular complexity index is 815. The maximum Gasteiger partial charge on any atom is 0.164 e. The van der Waals surface area contributed by atoms with Gasteiger partial charge in [0.2, 0.25) is 0 Å². The zero-order valence-electron chi connectivity index (χ0n) is 13.3. The van der Waals surface area contributed by atoms with Crippen LogP contribution in [0.5, 0.6) is 5.75 Å². The van der Waals surface area contributed by atoms with Crippen molar-refractivity contribution >= 4 is 32.8 Å². The molecule has 3 rings (SSSR count). The van der Waals surface area contributed by atoms with Gasteiger partial charge in [0.25, 0.3) is 0 Å². The van der Waals surface area contributed by atoms with Crippen molar-refractivity contribution < 1.29 is 4.74 Å². The van der Waals surface area contributed by atoms with Gasteiger partial charge in [-0.3, -0.25) is 0 Å². The molecule has 120 valence electrons. The predicted octanol–water partition coefficient (Wildman–Crippen LogP) is 3.16. The Morgan fingerprint density at radius 3 is 2.61 bits per heavy atom. The normalized spacial score (nSPS) is 11.0. The highest BCUT2D eigenvalue weighted by Crippen LogP contribution is 2.30. The minimum Gasteiger partial charge on any atom is -0.497 e. The SMILES string of the molecule is CCN(Cc1ccc(OC)cc1)c1ncnc2c1c(Br)nn2C. The van der Waals surface area contributed by atoms with Crippen LogP contribution < -0.4 is 9.64 Å². The number of aromatic nitrogens is 4. The Labute approximate surface area is 143 Å². The molecule has 0 aliphatic heterocycles. The molecular weight excluding hydrogens is 358 g/mol. The lowest BCUT2D eigenvalue weighted by Crippen LogP contribution is -2.23. The molecule has 0 aliphatic rings. The monoisotopic (exact) mass is 375 g/mol. The maximum atomic E-state index is 5.21. The van der Waals surface area contributed by atoms with Crippen LogP contribution in [0.25, 0.3) is 11.0 Å². The topological polar surface area (TPSA) is 56.1 Å². The summed E-state index contributed by atoms with van der Waals surface area (Å²) in [5.41, 5.74) is 2.01. The lowest BCUT2D eigenvalue weighted by atomic mass is 10.2. The van der Waals surface area contributed by atoms with Gasteiger partial charge in [0.05, 0.1) is 12.5 Å². The molecule has 0 saturated carbocycles. The van der Waals surface area contributed by atoms with Crippen LogP contribution in [0.15, 0.2) is 35.2 Å². The Balaban J connectivity index is 1.97. The van der Waals surface area contributed by atoms with Gasteiger partial charge in [0.15, 0.2) is 5.65 Å². The number of ether oxygens (including phenoxy) is 1. The van der Waals surface area contributed by atoms with Gasteiger partial charge in [-0.15, -0.1) is 0 Å². The molecule has 0 N–H and O–H groups in total. The van der Waals surface area contributed by atoms with E-state index in [4.69, 9.17) is 4.74 Å². The Kier molecular flexibility index (Phi) is 4.47. The number of aryl methyl sites for hydroxylation is 1. The van der Waals surface area contributed by atoms with E-state index in [0.29, 0.717) is 0 Å². The summed E-state index contributed by atoms with van der Waals surface area (Å²) in [6, 6.07) is 8.08. The van der Waals surface area contributed by atoms with Gasteiger partial charge in [-0.1, -0.05) is 12.1 Å². The van der Waals surface area contributed by atoms with Crippen molar-refractivity contribution in [3.05, 3.63) is 40.8 Å². The first-order chi connectivity index (χ1) is 11.1. The Hall–Kier alpha value is -2.15. The van der Waals surface area contributed by atoms with Crippen molar-refractivity contribution in [3.63, 3.8) is 0 Å². The fourth-order valence-electron chi connectivity index (χ4n) is 2.55. The van der Waals surface area contributed by atoms with Gasteiger partial charge in [-0.2, -0.15) is 5.10 Å². The number of methoxy groups -OCH3 is 1. The summed E-state index contributed by atoms with van der Waals surface area (Å²) < 4.78 is 7.73. The third kappa shape index (κ3) is 3.01. The molecule has 6 nitrogen and oxygen atoms in total. The molecular formula is C16H18BrN5O. The zero-order valence-corrected chi connectivity index (χ0v) is 14.9. The zero-order chi connectivity index (χ0) is 16.4. The largest absolute Gasteiger partial charge is 0.497 e. The third-order valence-electron chi connectivity index (χ3n) is 3.77. The van der Waals surface area contributed by atoms with E-state index in [1.165, 1.54) is 5.56 Å². The summed E-state index contributed by atoms with van der Waals surface area (Å²) in [4.78, 5) is 11.0. The summed E-state index contributed by atoms with van der Waals surface area (Å²) in [7, 11) is 3.55. The molecule has 0 spiro atoms. The molecule has 23 heavy (non-hydrogen) atoms. The number of fused-ring (bicyclic) bond motifs is 1. The van der Waals surface area contributed by atoms with Crippen LogP contribution >= 0.6 is 15.9 Å². The molecule has 7 heteroatoms. The van der Waals surface area contributed by atoms with Crippen LogP contribution in [0, 0.1) is 0 Å². The first-order valence-electron chi connectivity index (χ1n) is 7.35. The molecule has 0 radical (unpaired) electrons. The van der Waals surface area contributed by atoms with E-state index in [1.54, 1.807) is 18.1 Å². The molecule has 2 heterocycles. The number of hydrogen-bond donors (Lipinski definition) is 0. The van der Waals surface area contributed by atoms with Gasteiger partial charge in [0, 0.05) is 20.1 Å². The average Bonchev–Trinajstić information content (AvgIpc) is 2.88. The molecule has 0 unspecified atom stereocenters. The fourth-order valence-corrected chi connectivity index (χ4v) is 3.15. The highest BCUT2D eigenvalue weighted by Gasteiger charge is 2.17. The molecule has 1 aromatic carbocycles. The minimum absolute atomic E-state index is 0.758. The fraction of sp³-hybridized carbons (Fsp3) is 0.312. The van der Waals surface area contributed by atoms with Crippen molar-refractivity contribution in [1.82, 2.24) is 19.7 Å². The van der Waals surface area contributed by atoms with Crippen LogP contribution in [-0.4, -0.2) is 33.4 Å². The van der Waals surface area contributed by atoms with Gasteiger partial charge in [-0.05, 0) is 40.5 Å². The Morgan fingerprint density at radius 1 is 1.22 bits per heavy atom. The van der Waals surface area contributed by atoms with Crippen LogP contribution in [0.3, 0.4) is 0 Å². The molecule has 3 aromatic rings. The number of benzene rings is 1. The number of hydrogen-bond acceptors (Lipinski definition) is 5. The van der Waals surface area contributed by atoms with E-state index in [1.807, 2.05) is 19.2 Å². The molecule has 0 atom stereocenters. The summed E-state index contributed by atoms with van der Waals surface area (Å²) in [6.07, 6.45) is 1.59. The van der Waals surface area contributed by atoms with E-state index in [0.717, 1.165) is 40.3 Å². The second-order valence-corrected chi connectivity index (χ2v) is 5.92. The second-order valence-electron chi connectivity index (χ2n) is 5.17. The number of nitrogens with zero attached hydrogens (tertiary/aromatic N) is 5. The molecule has 0 fully saturated rings. The summed E-state index contributed by atoms with van der Waals surface area (Å²) >= 11 is 3.52. The van der Waals surface area contributed by atoms with Crippen molar-refractivity contribution in [1.29, 1.82) is 0 Å². The summed E-state index contributed by atoms with van der Waals surface area (Å²) in [5.74, 6) is 1.74. The number of rotatable bonds is 5. The standard InChI is InChI=1S/C16H18BrN5O/c1-4-22(9-11-5-7-12(23-3)8-6-11)16-13-14(17)20-21(2)15(13)18-10-19-16/h5-8,10H,4,9H2,1-3H3. The van der Waals surface area contributed by atoms with Crippen LogP contribution in [-0.2, 0) is 13.6 Å². The van der Waals surface area contributed by atoms with Crippen molar-refractivity contribution in [2.75, 3.05) is 18.6 Å². The van der Waals surface area contributed by atoms with E-state index in [-0.39, 0.29) is 0 Å². The van der Waals surface area contributed by atoms with Gasteiger partial charge in [0.1, 0.15) is 22.5 Å². The highest BCUT2D eigenvalue weighted by molar-refractivity contribution is 9.10. The molecule has 0 saturated heterocycles.